The van der Waals surface area contributed by atoms with E-state index >= 15 is 0 Å². The van der Waals surface area contributed by atoms with Gasteiger partial charge in [-0.05, 0) is 6.42 Å². The summed E-state index contributed by atoms with van der Waals surface area (Å²) in [5.41, 5.74) is 0. The first-order valence-electron chi connectivity index (χ1n) is 3.68. The topological polar surface area (TPSA) is 91.7 Å². The fourth-order valence-electron chi connectivity index (χ4n) is 0.859. The number of carbonyl (C=O) groups is 2. The van der Waals surface area contributed by atoms with Crippen molar-refractivity contribution in [2.45, 2.75) is 12.8 Å². The van der Waals surface area contributed by atoms with Crippen LogP contribution in [0, 0.1) is 5.92 Å². The largest absolute Gasteiger partial charge is 0.481 e. The summed E-state index contributed by atoms with van der Waals surface area (Å²) in [5, 5.41) is 16.9. The van der Waals surface area contributed by atoms with Crippen LogP contribution in [0.1, 0.15) is 12.8 Å². The van der Waals surface area contributed by atoms with Crippen LogP contribution < -0.4 is 0 Å². The van der Waals surface area contributed by atoms with Crippen LogP contribution in [-0.4, -0.2) is 38.4 Å². The molecule has 0 heterocycles. The van der Waals surface area contributed by atoms with Gasteiger partial charge in [-0.25, -0.2) is 0 Å². The van der Waals surface area contributed by atoms with E-state index in [-0.39, 0.29) is 18.6 Å². The third-order valence-electron chi connectivity index (χ3n) is 1.49. The van der Waals surface area contributed by atoms with Crippen LogP contribution in [0.3, 0.4) is 0 Å². The van der Waals surface area contributed by atoms with Crippen molar-refractivity contribution in [3.8, 4) is 0 Å². The third kappa shape index (κ3) is 6.27. The lowest BCUT2D eigenvalue weighted by atomic mass is 10.1. The number of rotatable bonds is 6. The molecule has 0 aromatic heterocycles. The van der Waals surface area contributed by atoms with E-state index in [0.29, 0.717) is 0 Å². The van der Waals surface area contributed by atoms with Gasteiger partial charge in [-0.1, -0.05) is 0 Å². The maximum Gasteiger partial charge on any atom is 0.307 e. The molecular weight excluding hydrogens is 196 g/mol. The Morgan fingerprint density at radius 1 is 1.38 bits per heavy atom. The number of aliphatic carboxylic acids is 2. The van der Waals surface area contributed by atoms with Gasteiger partial charge in [-0.2, -0.15) is 0 Å². The van der Waals surface area contributed by atoms with Crippen molar-refractivity contribution in [2.75, 3.05) is 12.0 Å². The fourth-order valence-corrected chi connectivity index (χ4v) is 1.73. The molecule has 0 amide bonds. The van der Waals surface area contributed by atoms with Gasteiger partial charge in [0.05, 0.1) is 5.92 Å². The predicted octanol–water partition coefficient (Wildman–Crippen LogP) is -0.0695. The molecule has 6 heteroatoms. The molecule has 0 aromatic carbocycles. The highest BCUT2D eigenvalue weighted by atomic mass is 32.2. The molecule has 0 rings (SSSR count). The molecular formula is C7H12O5S. The molecule has 0 fully saturated rings. The zero-order valence-electron chi connectivity index (χ0n) is 7.23. The van der Waals surface area contributed by atoms with Crippen molar-refractivity contribution in [3.05, 3.63) is 0 Å². The van der Waals surface area contributed by atoms with Crippen molar-refractivity contribution >= 4 is 22.7 Å². The summed E-state index contributed by atoms with van der Waals surface area (Å²) in [6.45, 7) is 0. The molecule has 0 aliphatic rings. The SMILES string of the molecule is CS(=O)CC(CCC(=O)O)C(=O)O. The minimum Gasteiger partial charge on any atom is -0.481 e. The van der Waals surface area contributed by atoms with Crippen molar-refractivity contribution < 1.29 is 24.0 Å². The van der Waals surface area contributed by atoms with Crippen LogP contribution in [0.5, 0.6) is 0 Å². The van der Waals surface area contributed by atoms with E-state index in [2.05, 4.69) is 0 Å². The maximum atomic E-state index is 10.7. The molecule has 0 spiro atoms. The molecule has 0 saturated heterocycles. The van der Waals surface area contributed by atoms with Crippen LogP contribution in [0.2, 0.25) is 0 Å². The molecule has 5 nitrogen and oxygen atoms in total. The predicted molar refractivity (Wildman–Crippen MR) is 46.9 cm³/mol. The van der Waals surface area contributed by atoms with E-state index in [0.717, 1.165) is 0 Å². The summed E-state index contributed by atoms with van der Waals surface area (Å²) in [6, 6.07) is 0. The van der Waals surface area contributed by atoms with Crippen LogP contribution in [0.4, 0.5) is 0 Å². The molecule has 0 aromatic rings. The van der Waals surface area contributed by atoms with Gasteiger partial charge in [0.15, 0.2) is 0 Å². The van der Waals surface area contributed by atoms with Crippen molar-refractivity contribution in [1.82, 2.24) is 0 Å². The van der Waals surface area contributed by atoms with Crippen LogP contribution in [0.15, 0.2) is 0 Å². The molecule has 0 radical (unpaired) electrons. The Balaban J connectivity index is 4.02. The van der Waals surface area contributed by atoms with Gasteiger partial charge >= 0.3 is 11.9 Å². The Bertz CT molecular complexity index is 225. The summed E-state index contributed by atoms with van der Waals surface area (Å²) in [6.07, 6.45) is 1.23. The standard InChI is InChI=1S/C7H12O5S/c1-13(12)4-5(7(10)11)2-3-6(8)9/h5H,2-4H2,1H3,(H,8,9)(H,10,11). The fraction of sp³-hybridized carbons (Fsp3) is 0.714. The lowest BCUT2D eigenvalue weighted by molar-refractivity contribution is -0.142. The van der Waals surface area contributed by atoms with Crippen molar-refractivity contribution in [1.29, 1.82) is 0 Å². The zero-order chi connectivity index (χ0) is 10.4. The minimum absolute atomic E-state index is 0.0165. The molecule has 2 N–H and O–H groups in total. The Kier molecular flexibility index (Phi) is 5.29. The normalized spacial score (nSPS) is 14.8. The van der Waals surface area contributed by atoms with E-state index in [9.17, 15) is 13.8 Å². The van der Waals surface area contributed by atoms with Gasteiger partial charge in [0, 0.05) is 29.2 Å². The van der Waals surface area contributed by atoms with Crippen molar-refractivity contribution in [3.63, 3.8) is 0 Å². The van der Waals surface area contributed by atoms with Gasteiger partial charge < -0.3 is 10.2 Å². The summed E-state index contributed by atoms with van der Waals surface area (Å²) in [7, 11) is -1.20. The minimum atomic E-state index is -1.20. The molecule has 13 heavy (non-hydrogen) atoms. The van der Waals surface area contributed by atoms with Crippen molar-refractivity contribution in [2.24, 2.45) is 5.92 Å². The number of carboxylic acids is 2. The Hall–Kier alpha value is -0.910. The Morgan fingerprint density at radius 2 is 1.92 bits per heavy atom. The molecule has 0 bridgehead atoms. The van der Waals surface area contributed by atoms with E-state index in [1.807, 2.05) is 0 Å². The quantitative estimate of drug-likeness (QED) is 0.637. The highest BCUT2D eigenvalue weighted by molar-refractivity contribution is 7.84. The van der Waals surface area contributed by atoms with E-state index in [1.165, 1.54) is 6.26 Å². The summed E-state index contributed by atoms with van der Waals surface area (Å²) in [4.78, 5) is 20.7. The zero-order valence-corrected chi connectivity index (χ0v) is 8.04. The smallest absolute Gasteiger partial charge is 0.307 e. The second-order valence-electron chi connectivity index (χ2n) is 2.71. The number of carboxylic acid groups (broad SMARTS) is 2. The van der Waals surface area contributed by atoms with Gasteiger partial charge in [0.2, 0.25) is 0 Å². The first-order chi connectivity index (χ1) is 5.93. The van der Waals surface area contributed by atoms with Gasteiger partial charge in [-0.3, -0.25) is 13.8 Å². The van der Waals surface area contributed by atoms with E-state index in [4.69, 9.17) is 10.2 Å². The molecule has 2 atom stereocenters. The second-order valence-corrected chi connectivity index (χ2v) is 4.19. The second kappa shape index (κ2) is 5.69. The van der Waals surface area contributed by atoms with Gasteiger partial charge in [0.25, 0.3) is 0 Å². The summed E-state index contributed by atoms with van der Waals surface area (Å²) in [5.74, 6) is -2.92. The average Bonchev–Trinajstić information content (AvgIpc) is 1.96. The maximum absolute atomic E-state index is 10.7. The number of hydrogen-bond acceptors (Lipinski definition) is 3. The van der Waals surface area contributed by atoms with E-state index < -0.39 is 28.7 Å². The van der Waals surface area contributed by atoms with E-state index in [1.54, 1.807) is 0 Å². The summed E-state index contributed by atoms with van der Waals surface area (Å²) >= 11 is 0. The lowest BCUT2D eigenvalue weighted by Gasteiger charge is -2.07. The molecule has 76 valence electrons. The Labute approximate surface area is 78.2 Å². The first-order valence-corrected chi connectivity index (χ1v) is 5.40. The first kappa shape index (κ1) is 12.1. The highest BCUT2D eigenvalue weighted by Crippen LogP contribution is 2.08. The van der Waals surface area contributed by atoms with Crippen LogP contribution >= 0.6 is 0 Å². The lowest BCUT2D eigenvalue weighted by Crippen LogP contribution is -2.21. The summed E-state index contributed by atoms with van der Waals surface area (Å²) < 4.78 is 10.7. The Morgan fingerprint density at radius 3 is 2.23 bits per heavy atom. The third-order valence-corrected chi connectivity index (χ3v) is 2.36. The molecule has 0 aliphatic heterocycles. The monoisotopic (exact) mass is 208 g/mol. The molecule has 0 aliphatic carbocycles. The van der Waals surface area contributed by atoms with Crippen LogP contribution in [0.25, 0.3) is 0 Å². The average molecular weight is 208 g/mol. The number of hydrogen-bond donors (Lipinski definition) is 2. The highest BCUT2D eigenvalue weighted by Gasteiger charge is 2.19. The van der Waals surface area contributed by atoms with Crippen LogP contribution in [-0.2, 0) is 20.4 Å². The molecule has 0 saturated carbocycles. The van der Waals surface area contributed by atoms with Gasteiger partial charge in [-0.15, -0.1) is 0 Å². The van der Waals surface area contributed by atoms with Gasteiger partial charge in [0.1, 0.15) is 0 Å². The molecule has 2 unspecified atom stereocenters.